The Bertz CT molecular complexity index is 504. The quantitative estimate of drug-likeness (QED) is 0.600. The van der Waals surface area contributed by atoms with E-state index in [1.807, 2.05) is 20.8 Å². The fourth-order valence-electron chi connectivity index (χ4n) is 1.72. The third kappa shape index (κ3) is 6.39. The maximum atomic E-state index is 13.5. The second kappa shape index (κ2) is 8.68. The maximum absolute atomic E-state index is 13.5. The average Bonchev–Trinajstić information content (AvgIpc) is 2.47. The normalized spacial score (nSPS) is 12.4. The molecule has 0 spiro atoms. The summed E-state index contributed by atoms with van der Waals surface area (Å²) in [6, 6.07) is 3.62. The highest BCUT2D eigenvalue weighted by Gasteiger charge is 2.15. The molecule has 0 atom stereocenters. The zero-order valence-corrected chi connectivity index (χ0v) is 13.7. The van der Waals surface area contributed by atoms with Gasteiger partial charge in [0.05, 0.1) is 12.1 Å². The molecule has 0 heterocycles. The van der Waals surface area contributed by atoms with Crippen LogP contribution in [0, 0.1) is 11.6 Å². The number of methoxy groups -OCH3 is 1. The van der Waals surface area contributed by atoms with Crippen LogP contribution < -0.4 is 10.6 Å². The molecule has 0 amide bonds. The van der Waals surface area contributed by atoms with Crippen molar-refractivity contribution in [3.63, 3.8) is 0 Å². The van der Waals surface area contributed by atoms with Gasteiger partial charge in [-0.05, 0) is 38.8 Å². The molecule has 0 saturated carbocycles. The molecule has 0 fully saturated rings. The fraction of sp³-hybridized carbons (Fsp3) is 0.562. The number of nitrogens with zero attached hydrogens (tertiary/aromatic N) is 1. The molecule has 1 aromatic rings. The van der Waals surface area contributed by atoms with Gasteiger partial charge < -0.3 is 15.4 Å². The summed E-state index contributed by atoms with van der Waals surface area (Å²) >= 11 is 0. The molecule has 6 heteroatoms. The topological polar surface area (TPSA) is 45.7 Å². The molecule has 0 unspecified atom stereocenters. The van der Waals surface area contributed by atoms with Gasteiger partial charge >= 0.3 is 0 Å². The molecule has 0 aliphatic rings. The molecular weight excluding hydrogens is 288 g/mol. The van der Waals surface area contributed by atoms with Crippen LogP contribution in [-0.2, 0) is 11.2 Å². The number of hydrogen-bond acceptors (Lipinski definition) is 2. The summed E-state index contributed by atoms with van der Waals surface area (Å²) < 4.78 is 31.7. The van der Waals surface area contributed by atoms with E-state index in [0.29, 0.717) is 31.0 Å². The third-order valence-electron chi connectivity index (χ3n) is 3.22. The molecule has 2 N–H and O–H groups in total. The molecule has 0 aliphatic carbocycles. The van der Waals surface area contributed by atoms with Crippen molar-refractivity contribution >= 4 is 5.96 Å². The minimum atomic E-state index is -0.564. The van der Waals surface area contributed by atoms with Gasteiger partial charge in [-0.3, -0.25) is 4.99 Å². The van der Waals surface area contributed by atoms with Crippen LogP contribution in [0.1, 0.15) is 26.3 Å². The van der Waals surface area contributed by atoms with Gasteiger partial charge in [-0.15, -0.1) is 0 Å². The zero-order valence-electron chi connectivity index (χ0n) is 13.7. The monoisotopic (exact) mass is 313 g/mol. The Kier molecular flexibility index (Phi) is 7.24. The second-order valence-corrected chi connectivity index (χ2v) is 5.57. The first-order valence-corrected chi connectivity index (χ1v) is 7.39. The first-order chi connectivity index (χ1) is 10.4. The summed E-state index contributed by atoms with van der Waals surface area (Å²) in [5.74, 6) is -0.440. The van der Waals surface area contributed by atoms with Gasteiger partial charge in [0.25, 0.3) is 0 Å². The van der Waals surface area contributed by atoms with E-state index in [1.165, 1.54) is 12.1 Å². The Morgan fingerprint density at radius 3 is 2.59 bits per heavy atom. The number of guanidine groups is 1. The number of halogens is 2. The molecule has 1 aromatic carbocycles. The molecule has 4 nitrogen and oxygen atoms in total. The highest BCUT2D eigenvalue weighted by molar-refractivity contribution is 5.79. The van der Waals surface area contributed by atoms with Gasteiger partial charge in [-0.25, -0.2) is 8.78 Å². The van der Waals surface area contributed by atoms with Crippen molar-refractivity contribution in [3.8, 4) is 0 Å². The Labute approximate surface area is 131 Å². The van der Waals surface area contributed by atoms with E-state index in [-0.39, 0.29) is 5.60 Å². The Balaban J connectivity index is 2.55. The van der Waals surface area contributed by atoms with Crippen LogP contribution in [0.5, 0.6) is 0 Å². The smallest absolute Gasteiger partial charge is 0.191 e. The summed E-state index contributed by atoms with van der Waals surface area (Å²) in [6.45, 7) is 7.61. The van der Waals surface area contributed by atoms with Gasteiger partial charge in [0, 0.05) is 26.3 Å². The van der Waals surface area contributed by atoms with Crippen LogP contribution in [0.15, 0.2) is 23.2 Å². The van der Waals surface area contributed by atoms with Crippen LogP contribution in [0.2, 0.25) is 0 Å². The van der Waals surface area contributed by atoms with E-state index in [9.17, 15) is 8.78 Å². The molecular formula is C16H25F2N3O. The van der Waals surface area contributed by atoms with Crippen LogP contribution in [0.3, 0.4) is 0 Å². The Morgan fingerprint density at radius 1 is 1.27 bits per heavy atom. The highest BCUT2D eigenvalue weighted by Crippen LogP contribution is 2.10. The van der Waals surface area contributed by atoms with Crippen molar-refractivity contribution < 1.29 is 13.5 Å². The van der Waals surface area contributed by atoms with Gasteiger partial charge in [-0.1, -0.05) is 6.07 Å². The number of rotatable bonds is 7. The number of benzene rings is 1. The molecule has 0 bridgehead atoms. The summed E-state index contributed by atoms with van der Waals surface area (Å²) in [5, 5.41) is 6.25. The van der Waals surface area contributed by atoms with Gasteiger partial charge in [-0.2, -0.15) is 0 Å². The minimum Gasteiger partial charge on any atom is -0.377 e. The number of ether oxygens (including phenoxy) is 1. The first-order valence-electron chi connectivity index (χ1n) is 7.39. The fourth-order valence-corrected chi connectivity index (χ4v) is 1.72. The predicted octanol–water partition coefficient (Wildman–Crippen LogP) is 2.49. The first kappa shape index (κ1) is 18.4. The third-order valence-corrected chi connectivity index (χ3v) is 3.22. The standard InChI is InChI=1S/C16H25F2N3O/c1-5-19-15(21-11-16(2,3)22-4)20-9-8-12-6-7-13(17)10-14(12)18/h6-7,10H,5,8-9,11H2,1-4H3,(H2,19,20,21). The van der Waals surface area contributed by atoms with Crippen molar-refractivity contribution in [2.24, 2.45) is 4.99 Å². The van der Waals surface area contributed by atoms with Crippen molar-refractivity contribution in [1.82, 2.24) is 10.6 Å². The molecule has 0 radical (unpaired) electrons. The predicted molar refractivity (Wildman–Crippen MR) is 85.1 cm³/mol. The summed E-state index contributed by atoms with van der Waals surface area (Å²) in [5.41, 5.74) is 0.132. The van der Waals surface area contributed by atoms with Crippen molar-refractivity contribution in [2.45, 2.75) is 32.8 Å². The average molecular weight is 313 g/mol. The largest absolute Gasteiger partial charge is 0.377 e. The minimum absolute atomic E-state index is 0.342. The van der Waals surface area contributed by atoms with E-state index in [1.54, 1.807) is 7.11 Å². The van der Waals surface area contributed by atoms with E-state index in [2.05, 4.69) is 15.6 Å². The molecule has 0 aliphatic heterocycles. The Morgan fingerprint density at radius 2 is 2.00 bits per heavy atom. The number of nitrogens with one attached hydrogen (secondary N) is 2. The zero-order chi connectivity index (χ0) is 16.6. The lowest BCUT2D eigenvalue weighted by Crippen LogP contribution is -2.40. The lowest BCUT2D eigenvalue weighted by molar-refractivity contribution is 0.0310. The number of aliphatic imine (C=N–C) groups is 1. The maximum Gasteiger partial charge on any atom is 0.191 e. The molecule has 0 aromatic heterocycles. The van der Waals surface area contributed by atoms with E-state index in [4.69, 9.17) is 4.74 Å². The second-order valence-electron chi connectivity index (χ2n) is 5.57. The van der Waals surface area contributed by atoms with Crippen molar-refractivity contribution in [1.29, 1.82) is 0 Å². The van der Waals surface area contributed by atoms with Crippen molar-refractivity contribution in [2.75, 3.05) is 26.7 Å². The lowest BCUT2D eigenvalue weighted by atomic mass is 10.1. The van der Waals surface area contributed by atoms with Gasteiger partial charge in [0.15, 0.2) is 5.96 Å². The van der Waals surface area contributed by atoms with E-state index in [0.717, 1.165) is 12.6 Å². The van der Waals surface area contributed by atoms with Crippen molar-refractivity contribution in [3.05, 3.63) is 35.4 Å². The summed E-state index contributed by atoms with van der Waals surface area (Å²) in [7, 11) is 1.65. The van der Waals surface area contributed by atoms with Crippen LogP contribution in [0.25, 0.3) is 0 Å². The van der Waals surface area contributed by atoms with E-state index < -0.39 is 11.6 Å². The lowest BCUT2D eigenvalue weighted by Gasteiger charge is -2.21. The molecule has 124 valence electrons. The van der Waals surface area contributed by atoms with Crippen LogP contribution in [0.4, 0.5) is 8.78 Å². The molecule has 0 saturated heterocycles. The van der Waals surface area contributed by atoms with Gasteiger partial charge in [0.2, 0.25) is 0 Å². The summed E-state index contributed by atoms with van der Waals surface area (Å²) in [4.78, 5) is 4.44. The molecule has 1 rings (SSSR count). The van der Waals surface area contributed by atoms with E-state index >= 15 is 0 Å². The van der Waals surface area contributed by atoms with Gasteiger partial charge in [0.1, 0.15) is 11.6 Å². The Hall–Kier alpha value is -1.69. The highest BCUT2D eigenvalue weighted by atomic mass is 19.1. The molecule has 22 heavy (non-hydrogen) atoms. The SMILES string of the molecule is CCNC(=NCC(C)(C)OC)NCCc1ccc(F)cc1F. The summed E-state index contributed by atoms with van der Waals surface area (Å²) in [6.07, 6.45) is 0.449. The number of hydrogen-bond donors (Lipinski definition) is 2. The van der Waals surface area contributed by atoms with Crippen LogP contribution in [-0.4, -0.2) is 38.3 Å². The van der Waals surface area contributed by atoms with Crippen LogP contribution >= 0.6 is 0 Å².